The third-order valence-electron chi connectivity index (χ3n) is 4.14. The molecule has 0 aliphatic rings. The Bertz CT molecular complexity index is 933. The molecule has 144 valence electrons. The number of anilines is 2. The number of aromatic nitrogens is 1. The molecule has 1 atom stereocenters. The average molecular weight is 379 g/mol. The minimum atomic E-state index is -0.935. The fourth-order valence-corrected chi connectivity index (χ4v) is 2.50. The summed E-state index contributed by atoms with van der Waals surface area (Å²) in [5, 5.41) is 2.74. The maximum atomic E-state index is 12.3. The van der Waals surface area contributed by atoms with E-state index in [1.54, 1.807) is 42.6 Å². The third kappa shape index (κ3) is 4.56. The van der Waals surface area contributed by atoms with Gasteiger partial charge >= 0.3 is 5.97 Å². The molecular formula is C21H21N3O4. The van der Waals surface area contributed by atoms with E-state index in [-0.39, 0.29) is 0 Å². The van der Waals surface area contributed by atoms with Gasteiger partial charge in [0.1, 0.15) is 0 Å². The Kier molecular flexibility index (Phi) is 5.74. The highest BCUT2D eigenvalue weighted by Crippen LogP contribution is 2.20. The molecule has 1 unspecified atom stereocenters. The van der Waals surface area contributed by atoms with E-state index in [0.717, 1.165) is 11.3 Å². The van der Waals surface area contributed by atoms with Gasteiger partial charge < -0.3 is 19.4 Å². The molecule has 3 aromatic rings. The van der Waals surface area contributed by atoms with Gasteiger partial charge in [-0.25, -0.2) is 9.78 Å². The summed E-state index contributed by atoms with van der Waals surface area (Å²) >= 11 is 0. The molecule has 0 spiro atoms. The molecule has 0 bridgehead atoms. The van der Waals surface area contributed by atoms with Crippen LogP contribution in [0.4, 0.5) is 11.4 Å². The van der Waals surface area contributed by atoms with Crippen molar-refractivity contribution in [3.8, 4) is 11.3 Å². The van der Waals surface area contributed by atoms with Gasteiger partial charge in [-0.15, -0.1) is 0 Å². The number of rotatable bonds is 6. The van der Waals surface area contributed by atoms with Crippen LogP contribution in [-0.4, -0.2) is 37.1 Å². The number of esters is 1. The van der Waals surface area contributed by atoms with Crippen LogP contribution in [0.15, 0.2) is 65.5 Å². The maximum Gasteiger partial charge on any atom is 0.338 e. The van der Waals surface area contributed by atoms with Crippen molar-refractivity contribution < 1.29 is 18.7 Å². The molecule has 28 heavy (non-hydrogen) atoms. The minimum Gasteiger partial charge on any atom is -0.449 e. The van der Waals surface area contributed by atoms with Gasteiger partial charge in [-0.3, -0.25) is 4.79 Å². The molecule has 3 rings (SSSR count). The van der Waals surface area contributed by atoms with Gasteiger partial charge in [0.25, 0.3) is 5.91 Å². The minimum absolute atomic E-state index is 0.346. The van der Waals surface area contributed by atoms with Gasteiger partial charge in [0, 0.05) is 31.0 Å². The first-order valence-electron chi connectivity index (χ1n) is 8.72. The Hall–Kier alpha value is -3.61. The van der Waals surface area contributed by atoms with E-state index in [1.807, 2.05) is 31.1 Å². The van der Waals surface area contributed by atoms with Gasteiger partial charge in [-0.1, -0.05) is 12.1 Å². The topological polar surface area (TPSA) is 84.7 Å². The normalized spacial score (nSPS) is 11.5. The van der Waals surface area contributed by atoms with Gasteiger partial charge in [0.05, 0.1) is 11.8 Å². The lowest BCUT2D eigenvalue weighted by atomic mass is 10.1. The molecular weight excluding hydrogens is 358 g/mol. The second-order valence-electron chi connectivity index (χ2n) is 6.42. The largest absolute Gasteiger partial charge is 0.449 e. The SMILES string of the molecule is CC(OC(=O)c1ccc(-c2cnco2)cc1)C(=O)Nc1ccc(N(C)C)cc1. The first-order chi connectivity index (χ1) is 13.4. The molecule has 7 nitrogen and oxygen atoms in total. The molecule has 0 radical (unpaired) electrons. The van der Waals surface area contributed by atoms with Crippen molar-refractivity contribution in [3.63, 3.8) is 0 Å². The maximum absolute atomic E-state index is 12.3. The van der Waals surface area contributed by atoms with Gasteiger partial charge in [0.2, 0.25) is 0 Å². The van der Waals surface area contributed by atoms with E-state index in [2.05, 4.69) is 10.3 Å². The van der Waals surface area contributed by atoms with Crippen LogP contribution in [0.25, 0.3) is 11.3 Å². The van der Waals surface area contributed by atoms with Gasteiger partial charge in [-0.05, 0) is 43.3 Å². The van der Waals surface area contributed by atoms with E-state index in [4.69, 9.17) is 9.15 Å². The highest BCUT2D eigenvalue weighted by atomic mass is 16.5. The molecule has 0 saturated heterocycles. The molecule has 7 heteroatoms. The van der Waals surface area contributed by atoms with Crippen molar-refractivity contribution in [2.24, 2.45) is 0 Å². The van der Waals surface area contributed by atoms with E-state index in [9.17, 15) is 9.59 Å². The summed E-state index contributed by atoms with van der Waals surface area (Å²) in [4.78, 5) is 30.4. The first kappa shape index (κ1) is 19.2. The molecule has 0 saturated carbocycles. The predicted octanol–water partition coefficient (Wildman–Crippen LogP) is 3.59. The second-order valence-corrected chi connectivity index (χ2v) is 6.42. The summed E-state index contributed by atoms with van der Waals surface area (Å²) in [7, 11) is 3.88. The van der Waals surface area contributed by atoms with Crippen LogP contribution in [0.2, 0.25) is 0 Å². The van der Waals surface area contributed by atoms with E-state index in [1.165, 1.54) is 13.3 Å². The Morgan fingerprint density at radius 3 is 2.32 bits per heavy atom. The zero-order valence-electron chi connectivity index (χ0n) is 15.9. The van der Waals surface area contributed by atoms with Crippen LogP contribution in [0, 0.1) is 0 Å². The number of hydrogen-bond donors (Lipinski definition) is 1. The summed E-state index contributed by atoms with van der Waals surface area (Å²) in [6.45, 7) is 1.53. The molecule has 1 N–H and O–H groups in total. The van der Waals surface area contributed by atoms with Crippen molar-refractivity contribution in [1.82, 2.24) is 4.98 Å². The molecule has 1 aromatic heterocycles. The fraction of sp³-hybridized carbons (Fsp3) is 0.190. The van der Waals surface area contributed by atoms with Crippen LogP contribution in [0.1, 0.15) is 17.3 Å². The molecule has 0 aliphatic heterocycles. The second kappa shape index (κ2) is 8.39. The van der Waals surface area contributed by atoms with Crippen LogP contribution in [-0.2, 0) is 9.53 Å². The van der Waals surface area contributed by atoms with Crippen molar-refractivity contribution in [2.75, 3.05) is 24.3 Å². The number of ether oxygens (including phenoxy) is 1. The third-order valence-corrected chi connectivity index (χ3v) is 4.14. The number of carbonyl (C=O) groups is 2. The van der Waals surface area contributed by atoms with Gasteiger partial charge in [0.15, 0.2) is 18.3 Å². The zero-order valence-corrected chi connectivity index (χ0v) is 15.9. The summed E-state index contributed by atoms with van der Waals surface area (Å²) in [5.74, 6) is -0.369. The molecule has 1 amide bonds. The summed E-state index contributed by atoms with van der Waals surface area (Å²) < 4.78 is 10.5. The van der Waals surface area contributed by atoms with Crippen molar-refractivity contribution in [2.45, 2.75) is 13.0 Å². The van der Waals surface area contributed by atoms with E-state index in [0.29, 0.717) is 17.0 Å². The highest BCUT2D eigenvalue weighted by Gasteiger charge is 2.19. The van der Waals surface area contributed by atoms with E-state index >= 15 is 0 Å². The summed E-state index contributed by atoms with van der Waals surface area (Å²) in [6.07, 6.45) is 1.99. The van der Waals surface area contributed by atoms with E-state index < -0.39 is 18.0 Å². The zero-order chi connectivity index (χ0) is 20.1. The summed E-state index contributed by atoms with van der Waals surface area (Å²) in [6, 6.07) is 14.1. The number of benzene rings is 2. The number of nitrogens with zero attached hydrogens (tertiary/aromatic N) is 2. The first-order valence-corrected chi connectivity index (χ1v) is 8.72. The monoisotopic (exact) mass is 379 g/mol. The highest BCUT2D eigenvalue weighted by molar-refractivity contribution is 5.97. The van der Waals surface area contributed by atoms with Crippen molar-refractivity contribution in [1.29, 1.82) is 0 Å². The molecule has 0 fully saturated rings. The average Bonchev–Trinajstić information content (AvgIpc) is 3.23. The Morgan fingerprint density at radius 1 is 1.07 bits per heavy atom. The number of carbonyl (C=O) groups excluding carboxylic acids is 2. The van der Waals surface area contributed by atoms with Crippen LogP contribution in [0.3, 0.4) is 0 Å². The number of nitrogens with one attached hydrogen (secondary N) is 1. The van der Waals surface area contributed by atoms with Crippen LogP contribution in [0.5, 0.6) is 0 Å². The van der Waals surface area contributed by atoms with Crippen molar-refractivity contribution in [3.05, 3.63) is 66.7 Å². The summed E-state index contributed by atoms with van der Waals surface area (Å²) in [5.41, 5.74) is 2.79. The predicted molar refractivity (Wildman–Crippen MR) is 106 cm³/mol. The van der Waals surface area contributed by atoms with Gasteiger partial charge in [-0.2, -0.15) is 0 Å². The van der Waals surface area contributed by atoms with Crippen molar-refractivity contribution >= 4 is 23.3 Å². The molecule has 0 aliphatic carbocycles. The lowest BCUT2D eigenvalue weighted by molar-refractivity contribution is -0.123. The Labute approximate surface area is 162 Å². The number of amides is 1. The molecule has 2 aromatic carbocycles. The number of oxazole rings is 1. The lowest BCUT2D eigenvalue weighted by Crippen LogP contribution is -2.30. The fourth-order valence-electron chi connectivity index (χ4n) is 2.50. The molecule has 1 heterocycles. The Morgan fingerprint density at radius 2 is 1.75 bits per heavy atom. The Balaban J connectivity index is 1.57. The lowest BCUT2D eigenvalue weighted by Gasteiger charge is -2.15. The van der Waals surface area contributed by atoms with Crippen LogP contribution < -0.4 is 10.2 Å². The quantitative estimate of drug-likeness (QED) is 0.659. The van der Waals surface area contributed by atoms with Crippen LogP contribution >= 0.6 is 0 Å². The number of hydrogen-bond acceptors (Lipinski definition) is 6. The smallest absolute Gasteiger partial charge is 0.338 e. The standard InChI is InChI=1S/C21H21N3O4/c1-14(20(25)23-17-8-10-18(11-9-17)24(2)3)28-21(26)16-6-4-15(5-7-16)19-12-22-13-27-19/h4-14H,1-3H3,(H,23,25).